The predicted molar refractivity (Wildman–Crippen MR) is 166 cm³/mol. The van der Waals surface area contributed by atoms with Gasteiger partial charge in [-0.25, -0.2) is 0 Å². The third-order valence-corrected chi connectivity index (χ3v) is 6.53. The zero-order valence-electron chi connectivity index (χ0n) is 26.8. The first-order valence-electron chi connectivity index (χ1n) is 13.6. The van der Waals surface area contributed by atoms with Gasteiger partial charge in [0, 0.05) is 0 Å². The molecule has 0 radical (unpaired) electrons. The summed E-state index contributed by atoms with van der Waals surface area (Å²) in [6, 6.07) is 16.3. The first-order chi connectivity index (χ1) is 19.0. The van der Waals surface area contributed by atoms with Crippen LogP contribution >= 0.6 is 0 Å². The van der Waals surface area contributed by atoms with Crippen LogP contribution in [0.4, 0.5) is 0 Å². The number of rotatable bonds is 9. The van der Waals surface area contributed by atoms with E-state index in [0.717, 1.165) is 17.2 Å². The summed E-state index contributed by atoms with van der Waals surface area (Å²) >= 11 is 0. The fourth-order valence-corrected chi connectivity index (χ4v) is 3.84. The molecule has 0 aliphatic rings. The Kier molecular flexibility index (Phi) is 14.8. The fourth-order valence-electron chi connectivity index (χ4n) is 3.84. The summed E-state index contributed by atoms with van der Waals surface area (Å²) < 4.78 is 31.4. The van der Waals surface area contributed by atoms with E-state index < -0.39 is 0 Å². The normalized spacial score (nSPS) is 10.3. The van der Waals surface area contributed by atoms with Crippen molar-refractivity contribution in [3.8, 4) is 34.5 Å². The standard InChI is InChI=1S/C12H18O3.C11H16O2.C11H16O/c1-8(2)9-6-10(13-3)12(15-5)11(7-9)14-4;1-8(2)9-5-6-10(12-3)11(7-9)13-4;1-8(2)10-6-5-9(3)11(7-10)12-4/h6-8H,1-5H3;5-8H,1-4H3;5-8H,1-4H3. The van der Waals surface area contributed by atoms with Gasteiger partial charge in [-0.05, 0) is 77.3 Å². The second kappa shape index (κ2) is 17.2. The van der Waals surface area contributed by atoms with Gasteiger partial charge in [-0.3, -0.25) is 0 Å². The summed E-state index contributed by atoms with van der Waals surface area (Å²) in [7, 11) is 9.87. The lowest BCUT2D eigenvalue weighted by molar-refractivity contribution is 0.323. The summed E-state index contributed by atoms with van der Waals surface area (Å²) in [6.07, 6.45) is 0. The molecular formula is C34H50O6. The van der Waals surface area contributed by atoms with E-state index in [1.807, 2.05) is 24.3 Å². The van der Waals surface area contributed by atoms with Gasteiger partial charge in [-0.1, -0.05) is 59.7 Å². The highest BCUT2D eigenvalue weighted by molar-refractivity contribution is 5.54. The van der Waals surface area contributed by atoms with Gasteiger partial charge in [0.1, 0.15) is 5.75 Å². The molecular weight excluding hydrogens is 504 g/mol. The Morgan fingerprint density at radius 2 is 0.775 bits per heavy atom. The SMILES string of the molecule is COc1cc(C(C)C)cc(OC)c1OC.COc1cc(C(C)C)ccc1C.COc1ccc(C(C)C)cc1OC. The lowest BCUT2D eigenvalue weighted by Gasteiger charge is -2.15. The third kappa shape index (κ3) is 9.89. The summed E-state index contributed by atoms with van der Waals surface area (Å²) in [5.74, 6) is 6.14. The number of ether oxygens (including phenoxy) is 6. The van der Waals surface area contributed by atoms with Crippen LogP contribution < -0.4 is 28.4 Å². The van der Waals surface area contributed by atoms with Crippen molar-refractivity contribution in [3.63, 3.8) is 0 Å². The van der Waals surface area contributed by atoms with Crippen molar-refractivity contribution in [1.29, 1.82) is 0 Å². The van der Waals surface area contributed by atoms with E-state index in [0.29, 0.717) is 35.0 Å². The molecule has 40 heavy (non-hydrogen) atoms. The fraction of sp³-hybridized carbons (Fsp3) is 0.471. The molecule has 6 nitrogen and oxygen atoms in total. The molecule has 3 aromatic carbocycles. The topological polar surface area (TPSA) is 55.4 Å². The van der Waals surface area contributed by atoms with Crippen LogP contribution in [0, 0.1) is 6.92 Å². The summed E-state index contributed by atoms with van der Waals surface area (Å²) in [6.45, 7) is 15.0. The Hall–Kier alpha value is -3.54. The molecule has 0 heterocycles. The molecule has 0 amide bonds. The average molecular weight is 555 g/mol. The number of hydrogen-bond acceptors (Lipinski definition) is 6. The molecule has 0 saturated heterocycles. The van der Waals surface area contributed by atoms with E-state index in [-0.39, 0.29) is 0 Å². The third-order valence-electron chi connectivity index (χ3n) is 6.53. The highest BCUT2D eigenvalue weighted by Gasteiger charge is 2.14. The molecule has 0 N–H and O–H groups in total. The number of hydrogen-bond donors (Lipinski definition) is 0. The Bertz CT molecular complexity index is 1140. The lowest BCUT2D eigenvalue weighted by Crippen LogP contribution is -1.97. The van der Waals surface area contributed by atoms with Crippen LogP contribution in [0.2, 0.25) is 0 Å². The van der Waals surface area contributed by atoms with Crippen molar-refractivity contribution in [2.45, 2.75) is 66.2 Å². The molecule has 0 bridgehead atoms. The van der Waals surface area contributed by atoms with Gasteiger partial charge < -0.3 is 28.4 Å². The Morgan fingerprint density at radius 3 is 1.15 bits per heavy atom. The molecule has 3 rings (SSSR count). The molecule has 0 unspecified atom stereocenters. The van der Waals surface area contributed by atoms with Crippen molar-refractivity contribution in [2.75, 3.05) is 42.7 Å². The van der Waals surface area contributed by atoms with E-state index >= 15 is 0 Å². The minimum atomic E-state index is 0.429. The van der Waals surface area contributed by atoms with Crippen LogP contribution in [0.3, 0.4) is 0 Å². The molecule has 222 valence electrons. The summed E-state index contributed by atoms with van der Waals surface area (Å²) in [4.78, 5) is 0. The smallest absolute Gasteiger partial charge is 0.203 e. The van der Waals surface area contributed by atoms with Gasteiger partial charge in [0.05, 0.1) is 42.7 Å². The summed E-state index contributed by atoms with van der Waals surface area (Å²) in [5.41, 5.74) is 4.96. The highest BCUT2D eigenvalue weighted by atomic mass is 16.5. The van der Waals surface area contributed by atoms with Crippen molar-refractivity contribution >= 4 is 0 Å². The zero-order chi connectivity index (χ0) is 30.4. The van der Waals surface area contributed by atoms with E-state index in [2.05, 4.69) is 72.7 Å². The van der Waals surface area contributed by atoms with Crippen molar-refractivity contribution in [3.05, 3.63) is 70.8 Å². The van der Waals surface area contributed by atoms with Gasteiger partial charge in [-0.15, -0.1) is 0 Å². The number of methoxy groups -OCH3 is 6. The van der Waals surface area contributed by atoms with E-state index in [1.165, 1.54) is 22.3 Å². The van der Waals surface area contributed by atoms with E-state index in [9.17, 15) is 0 Å². The van der Waals surface area contributed by atoms with Crippen LogP contribution in [0.1, 0.15) is 81.5 Å². The molecule has 0 spiro atoms. The molecule has 6 heteroatoms. The van der Waals surface area contributed by atoms with Crippen molar-refractivity contribution < 1.29 is 28.4 Å². The molecule has 0 saturated carbocycles. The monoisotopic (exact) mass is 554 g/mol. The zero-order valence-corrected chi connectivity index (χ0v) is 26.8. The maximum absolute atomic E-state index is 5.26. The minimum absolute atomic E-state index is 0.429. The van der Waals surface area contributed by atoms with Crippen LogP contribution in [-0.4, -0.2) is 42.7 Å². The van der Waals surface area contributed by atoms with Crippen LogP contribution in [0.15, 0.2) is 48.5 Å². The lowest BCUT2D eigenvalue weighted by atomic mass is 10.0. The van der Waals surface area contributed by atoms with Gasteiger partial charge in [-0.2, -0.15) is 0 Å². The first kappa shape index (κ1) is 34.5. The first-order valence-corrected chi connectivity index (χ1v) is 13.6. The number of aryl methyl sites for hydroxylation is 1. The van der Waals surface area contributed by atoms with Crippen molar-refractivity contribution in [1.82, 2.24) is 0 Å². The number of benzene rings is 3. The van der Waals surface area contributed by atoms with Gasteiger partial charge in [0.2, 0.25) is 5.75 Å². The molecule has 3 aromatic rings. The average Bonchev–Trinajstić information content (AvgIpc) is 2.96. The van der Waals surface area contributed by atoms with Gasteiger partial charge in [0.15, 0.2) is 23.0 Å². The molecule has 0 aromatic heterocycles. The Balaban J connectivity index is 0.000000302. The van der Waals surface area contributed by atoms with Crippen molar-refractivity contribution in [2.24, 2.45) is 0 Å². The quantitative estimate of drug-likeness (QED) is 0.263. The van der Waals surface area contributed by atoms with Crippen LogP contribution in [0.25, 0.3) is 0 Å². The summed E-state index contributed by atoms with van der Waals surface area (Å²) in [5, 5.41) is 0. The van der Waals surface area contributed by atoms with Crippen LogP contribution in [-0.2, 0) is 0 Å². The minimum Gasteiger partial charge on any atom is -0.496 e. The molecule has 0 atom stereocenters. The van der Waals surface area contributed by atoms with E-state index in [4.69, 9.17) is 28.4 Å². The van der Waals surface area contributed by atoms with E-state index in [1.54, 1.807) is 42.7 Å². The molecule has 0 aliphatic carbocycles. The maximum Gasteiger partial charge on any atom is 0.203 e. The Morgan fingerprint density at radius 1 is 0.400 bits per heavy atom. The second-order valence-corrected chi connectivity index (χ2v) is 10.3. The van der Waals surface area contributed by atoms with Gasteiger partial charge >= 0.3 is 0 Å². The Labute approximate surface area is 242 Å². The van der Waals surface area contributed by atoms with Crippen LogP contribution in [0.5, 0.6) is 34.5 Å². The predicted octanol–water partition coefficient (Wildman–Crippen LogP) is 8.79. The maximum atomic E-state index is 5.26. The highest BCUT2D eigenvalue weighted by Crippen LogP contribution is 2.39. The van der Waals surface area contributed by atoms with Gasteiger partial charge in [0.25, 0.3) is 0 Å². The second-order valence-electron chi connectivity index (χ2n) is 10.3. The molecule has 0 aliphatic heterocycles. The largest absolute Gasteiger partial charge is 0.496 e. The molecule has 0 fully saturated rings.